The van der Waals surface area contributed by atoms with E-state index in [0.29, 0.717) is 0 Å². The molecule has 3 rings (SSSR count). The third kappa shape index (κ3) is 3.11. The topological polar surface area (TPSA) is 52.1 Å². The van der Waals surface area contributed by atoms with Crippen LogP contribution in [0.4, 0.5) is 0 Å². The number of aromatic nitrogens is 2. The summed E-state index contributed by atoms with van der Waals surface area (Å²) in [7, 11) is 0. The van der Waals surface area contributed by atoms with E-state index < -0.39 is 0 Å². The Morgan fingerprint density at radius 1 is 0.950 bits per heavy atom. The van der Waals surface area contributed by atoms with E-state index >= 15 is 0 Å². The van der Waals surface area contributed by atoms with Gasteiger partial charge in [-0.3, -0.25) is 0 Å². The van der Waals surface area contributed by atoms with Crippen molar-refractivity contribution in [3.63, 3.8) is 0 Å². The van der Waals surface area contributed by atoms with Crippen molar-refractivity contribution in [1.29, 1.82) is 0 Å². The number of benzene rings is 1. The van der Waals surface area contributed by atoms with Crippen LogP contribution in [0.2, 0.25) is 0 Å². The monoisotopic (exact) mass is 286 g/mol. The van der Waals surface area contributed by atoms with Gasteiger partial charge in [-0.1, -0.05) is 40.6 Å². The molecule has 0 saturated heterocycles. The van der Waals surface area contributed by atoms with Gasteiger partial charge in [-0.25, -0.2) is 0 Å². The lowest BCUT2D eigenvalue weighted by Crippen LogP contribution is -1.82. The molecule has 0 saturated carbocycles. The van der Waals surface area contributed by atoms with Gasteiger partial charge >= 0.3 is 0 Å². The third-order valence-electron chi connectivity index (χ3n) is 2.79. The van der Waals surface area contributed by atoms with Gasteiger partial charge in [0, 0.05) is 29.2 Å². The largest absolute Gasteiger partial charge is 0.361 e. The van der Waals surface area contributed by atoms with Crippen molar-refractivity contribution in [1.82, 2.24) is 10.3 Å². The maximum atomic E-state index is 5.36. The molecule has 5 heteroatoms. The van der Waals surface area contributed by atoms with E-state index in [-0.39, 0.29) is 0 Å². The Labute approximate surface area is 121 Å². The molecule has 2 aromatic heterocycles. The molecule has 0 N–H and O–H groups in total. The summed E-state index contributed by atoms with van der Waals surface area (Å²) in [6.07, 6.45) is 0. The third-order valence-corrected chi connectivity index (χ3v) is 3.79. The van der Waals surface area contributed by atoms with Crippen LogP contribution in [0.15, 0.2) is 51.5 Å². The zero-order chi connectivity index (χ0) is 13.8. The van der Waals surface area contributed by atoms with Crippen molar-refractivity contribution >= 4 is 11.8 Å². The van der Waals surface area contributed by atoms with Gasteiger partial charge in [-0.2, -0.15) is 0 Å². The Hall–Kier alpha value is -2.01. The van der Waals surface area contributed by atoms with Crippen LogP contribution in [-0.2, 0) is 11.5 Å². The summed E-state index contributed by atoms with van der Waals surface area (Å²) in [5.41, 5.74) is 2.94. The van der Waals surface area contributed by atoms with Crippen LogP contribution in [0.5, 0.6) is 0 Å². The standard InChI is InChI=1S/C15H14N2O2S/c1-11-7-13(16-18-11)9-20-10-14-8-15(19-17-14)12-5-3-2-4-6-12/h2-8H,9-10H2,1H3. The van der Waals surface area contributed by atoms with Gasteiger partial charge in [-0.05, 0) is 6.92 Å². The minimum Gasteiger partial charge on any atom is -0.361 e. The van der Waals surface area contributed by atoms with Gasteiger partial charge in [0.1, 0.15) is 5.76 Å². The minimum absolute atomic E-state index is 0.794. The quantitative estimate of drug-likeness (QED) is 0.707. The Morgan fingerprint density at radius 3 is 2.35 bits per heavy atom. The van der Waals surface area contributed by atoms with E-state index in [4.69, 9.17) is 9.05 Å². The Kier molecular flexibility index (Phi) is 3.87. The Balaban J connectivity index is 1.58. The van der Waals surface area contributed by atoms with E-state index in [9.17, 15) is 0 Å². The second-order valence-corrected chi connectivity index (χ2v) is 5.46. The molecular weight excluding hydrogens is 272 g/mol. The molecule has 0 aliphatic carbocycles. The highest BCUT2D eigenvalue weighted by atomic mass is 32.2. The zero-order valence-corrected chi connectivity index (χ0v) is 11.9. The van der Waals surface area contributed by atoms with Crippen LogP contribution in [0, 0.1) is 6.92 Å². The summed E-state index contributed by atoms with van der Waals surface area (Å²) < 4.78 is 10.4. The highest BCUT2D eigenvalue weighted by Crippen LogP contribution is 2.23. The number of hydrogen-bond donors (Lipinski definition) is 0. The molecule has 0 bridgehead atoms. The molecule has 0 atom stereocenters. The van der Waals surface area contributed by atoms with Crippen molar-refractivity contribution in [2.24, 2.45) is 0 Å². The lowest BCUT2D eigenvalue weighted by atomic mass is 10.2. The van der Waals surface area contributed by atoms with Crippen molar-refractivity contribution in [3.8, 4) is 11.3 Å². The molecule has 0 aliphatic rings. The number of nitrogens with zero attached hydrogens (tertiary/aromatic N) is 2. The molecule has 0 amide bonds. The van der Waals surface area contributed by atoms with Gasteiger partial charge in [0.05, 0.1) is 11.4 Å². The van der Waals surface area contributed by atoms with Crippen molar-refractivity contribution in [2.45, 2.75) is 18.4 Å². The van der Waals surface area contributed by atoms with E-state index in [1.54, 1.807) is 11.8 Å². The molecule has 0 spiro atoms. The van der Waals surface area contributed by atoms with Crippen LogP contribution in [0.1, 0.15) is 17.1 Å². The van der Waals surface area contributed by atoms with Crippen molar-refractivity contribution < 1.29 is 9.05 Å². The van der Waals surface area contributed by atoms with Crippen molar-refractivity contribution in [2.75, 3.05) is 0 Å². The first-order valence-electron chi connectivity index (χ1n) is 6.32. The summed E-state index contributed by atoms with van der Waals surface area (Å²) in [6, 6.07) is 13.9. The second-order valence-electron chi connectivity index (χ2n) is 4.47. The van der Waals surface area contributed by atoms with Gasteiger partial charge in [0.15, 0.2) is 5.76 Å². The molecular formula is C15H14N2O2S. The summed E-state index contributed by atoms with van der Waals surface area (Å²) in [5.74, 6) is 3.25. The van der Waals surface area contributed by atoms with Crippen LogP contribution in [0.3, 0.4) is 0 Å². The molecule has 20 heavy (non-hydrogen) atoms. The summed E-state index contributed by atoms with van der Waals surface area (Å²) in [4.78, 5) is 0. The zero-order valence-electron chi connectivity index (χ0n) is 11.1. The molecule has 0 unspecified atom stereocenters. The van der Waals surface area contributed by atoms with Crippen LogP contribution in [-0.4, -0.2) is 10.3 Å². The average Bonchev–Trinajstić information content (AvgIpc) is 3.09. The predicted octanol–water partition coefficient (Wildman–Crippen LogP) is 4.07. The highest BCUT2D eigenvalue weighted by molar-refractivity contribution is 7.97. The number of thioether (sulfide) groups is 1. The predicted molar refractivity (Wildman–Crippen MR) is 78.2 cm³/mol. The van der Waals surface area contributed by atoms with E-state index in [1.165, 1.54) is 0 Å². The van der Waals surface area contributed by atoms with Crippen LogP contribution < -0.4 is 0 Å². The summed E-state index contributed by atoms with van der Waals surface area (Å²) in [6.45, 7) is 1.89. The average molecular weight is 286 g/mol. The van der Waals surface area contributed by atoms with E-state index in [2.05, 4.69) is 10.3 Å². The molecule has 0 aliphatic heterocycles. The molecule has 2 heterocycles. The maximum Gasteiger partial charge on any atom is 0.167 e. The van der Waals surface area contributed by atoms with Crippen LogP contribution in [0.25, 0.3) is 11.3 Å². The minimum atomic E-state index is 0.794. The fraction of sp³-hybridized carbons (Fsp3) is 0.200. The SMILES string of the molecule is Cc1cc(CSCc2cc(-c3ccccc3)on2)no1. The smallest absolute Gasteiger partial charge is 0.167 e. The Morgan fingerprint density at radius 2 is 1.65 bits per heavy atom. The second kappa shape index (κ2) is 5.96. The molecule has 1 aromatic carbocycles. The summed E-state index contributed by atoms with van der Waals surface area (Å²) >= 11 is 1.74. The van der Waals surface area contributed by atoms with E-state index in [1.807, 2.05) is 49.4 Å². The van der Waals surface area contributed by atoms with Gasteiger partial charge in [-0.15, -0.1) is 11.8 Å². The van der Waals surface area contributed by atoms with Gasteiger partial charge in [0.25, 0.3) is 0 Å². The fourth-order valence-electron chi connectivity index (χ4n) is 1.86. The highest BCUT2D eigenvalue weighted by Gasteiger charge is 2.07. The number of aryl methyl sites for hydroxylation is 1. The Bertz CT molecular complexity index is 676. The lowest BCUT2D eigenvalue weighted by molar-refractivity contribution is 0.393. The molecule has 0 fully saturated rings. The van der Waals surface area contributed by atoms with Crippen LogP contribution >= 0.6 is 11.8 Å². The first kappa shape index (κ1) is 13.0. The molecule has 4 nitrogen and oxygen atoms in total. The van der Waals surface area contributed by atoms with Crippen molar-refractivity contribution in [3.05, 3.63) is 59.6 Å². The molecule has 0 radical (unpaired) electrons. The maximum absolute atomic E-state index is 5.36. The molecule has 3 aromatic rings. The fourth-order valence-corrected chi connectivity index (χ4v) is 2.66. The summed E-state index contributed by atoms with van der Waals surface area (Å²) in [5, 5.41) is 8.05. The normalized spacial score (nSPS) is 10.8. The number of hydrogen-bond acceptors (Lipinski definition) is 5. The van der Waals surface area contributed by atoms with Gasteiger partial charge in [0.2, 0.25) is 0 Å². The first-order chi connectivity index (χ1) is 9.81. The van der Waals surface area contributed by atoms with E-state index in [0.717, 1.165) is 40.0 Å². The number of rotatable bonds is 5. The van der Waals surface area contributed by atoms with Gasteiger partial charge < -0.3 is 9.05 Å². The molecule has 102 valence electrons. The first-order valence-corrected chi connectivity index (χ1v) is 7.48. The lowest BCUT2D eigenvalue weighted by Gasteiger charge is -1.93.